The van der Waals surface area contributed by atoms with Crippen LogP contribution < -0.4 is 0 Å². The molecule has 0 fully saturated rings. The first-order valence-corrected chi connectivity index (χ1v) is 5.24. The Hall–Kier alpha value is -1.35. The fraction of sp³-hybridized carbons (Fsp3) is 0.417. The minimum Gasteiger partial charge on any atom is -0.471 e. The van der Waals surface area contributed by atoms with Gasteiger partial charge in [-0.1, -0.05) is 37.3 Å². The Kier molecular flexibility index (Phi) is 3.02. The van der Waals surface area contributed by atoms with Crippen molar-refractivity contribution in [3.63, 3.8) is 0 Å². The Morgan fingerprint density at radius 2 is 2.07 bits per heavy atom. The summed E-state index contributed by atoms with van der Waals surface area (Å²) >= 11 is 0. The summed E-state index contributed by atoms with van der Waals surface area (Å²) in [4.78, 5) is 4.33. The average molecular weight is 205 g/mol. The van der Waals surface area contributed by atoms with E-state index in [0.29, 0.717) is 0 Å². The maximum absolute atomic E-state index is 9.22. The molecule has 1 aromatic carbocycles. The summed E-state index contributed by atoms with van der Waals surface area (Å²) in [6, 6.07) is 9.76. The van der Waals surface area contributed by atoms with Gasteiger partial charge in [0.05, 0.1) is 6.61 Å². The predicted octanol–water partition coefficient (Wildman–Crippen LogP) is 1.93. The standard InChI is InChI=1S/C12H15NO2/c1-2-11-13-10(8-14)12(15-11)9-6-4-3-5-7-9/h3-7,10,12,14H,2,8H2,1H3. The second-order valence-electron chi connectivity index (χ2n) is 3.58. The summed E-state index contributed by atoms with van der Waals surface area (Å²) in [5.74, 6) is 0.739. The molecule has 0 saturated heterocycles. The Morgan fingerprint density at radius 3 is 2.67 bits per heavy atom. The Bertz CT molecular complexity index is 348. The van der Waals surface area contributed by atoms with Crippen molar-refractivity contribution in [1.29, 1.82) is 0 Å². The van der Waals surface area contributed by atoms with Crippen molar-refractivity contribution < 1.29 is 9.84 Å². The third-order valence-electron chi connectivity index (χ3n) is 2.54. The van der Waals surface area contributed by atoms with Crippen LogP contribution >= 0.6 is 0 Å². The molecule has 15 heavy (non-hydrogen) atoms. The third kappa shape index (κ3) is 2.02. The fourth-order valence-electron chi connectivity index (χ4n) is 1.75. The van der Waals surface area contributed by atoms with Crippen molar-refractivity contribution in [2.75, 3.05) is 6.61 Å². The van der Waals surface area contributed by atoms with Crippen LogP contribution in [0.3, 0.4) is 0 Å². The monoisotopic (exact) mass is 205 g/mol. The summed E-state index contributed by atoms with van der Waals surface area (Å²) in [6.45, 7) is 2.03. The molecule has 2 atom stereocenters. The van der Waals surface area contributed by atoms with Crippen molar-refractivity contribution in [3.8, 4) is 0 Å². The molecular weight excluding hydrogens is 190 g/mol. The molecule has 1 aliphatic rings. The van der Waals surface area contributed by atoms with E-state index in [9.17, 15) is 5.11 Å². The largest absolute Gasteiger partial charge is 0.471 e. The van der Waals surface area contributed by atoms with E-state index in [2.05, 4.69) is 4.99 Å². The van der Waals surface area contributed by atoms with E-state index in [-0.39, 0.29) is 18.8 Å². The summed E-state index contributed by atoms with van der Waals surface area (Å²) in [5, 5.41) is 9.22. The van der Waals surface area contributed by atoms with Crippen LogP contribution in [0, 0.1) is 0 Å². The van der Waals surface area contributed by atoms with Crippen LogP contribution in [0.15, 0.2) is 35.3 Å². The minimum atomic E-state index is -0.151. The van der Waals surface area contributed by atoms with Gasteiger partial charge in [-0.2, -0.15) is 0 Å². The summed E-state index contributed by atoms with van der Waals surface area (Å²) < 4.78 is 5.69. The zero-order valence-electron chi connectivity index (χ0n) is 8.76. The topological polar surface area (TPSA) is 41.8 Å². The number of hydrogen-bond acceptors (Lipinski definition) is 3. The van der Waals surface area contributed by atoms with Gasteiger partial charge >= 0.3 is 0 Å². The average Bonchev–Trinajstić information content (AvgIpc) is 2.73. The second kappa shape index (κ2) is 4.45. The molecule has 1 aliphatic heterocycles. The maximum Gasteiger partial charge on any atom is 0.184 e. The third-order valence-corrected chi connectivity index (χ3v) is 2.54. The highest BCUT2D eigenvalue weighted by atomic mass is 16.5. The van der Waals surface area contributed by atoms with E-state index in [1.807, 2.05) is 37.3 Å². The SMILES string of the molecule is CCC1=NC(CO)C(c2ccccc2)O1. The van der Waals surface area contributed by atoms with Gasteiger partial charge in [0.2, 0.25) is 0 Å². The van der Waals surface area contributed by atoms with Gasteiger partial charge in [0, 0.05) is 6.42 Å². The molecule has 0 aliphatic carbocycles. The lowest BCUT2D eigenvalue weighted by molar-refractivity contribution is 0.149. The quantitative estimate of drug-likeness (QED) is 0.819. The first kappa shape index (κ1) is 10.2. The van der Waals surface area contributed by atoms with Crippen LogP contribution in [-0.4, -0.2) is 23.7 Å². The molecule has 3 heteroatoms. The smallest absolute Gasteiger partial charge is 0.184 e. The summed E-state index contributed by atoms with van der Waals surface area (Å²) in [5.41, 5.74) is 1.07. The molecule has 0 aromatic heterocycles. The normalized spacial score (nSPS) is 24.8. The van der Waals surface area contributed by atoms with Crippen LogP contribution in [0.25, 0.3) is 0 Å². The fourth-order valence-corrected chi connectivity index (χ4v) is 1.75. The molecule has 1 heterocycles. The predicted molar refractivity (Wildman–Crippen MR) is 58.9 cm³/mol. The van der Waals surface area contributed by atoms with Gasteiger partial charge in [0.1, 0.15) is 12.1 Å². The number of benzene rings is 1. The van der Waals surface area contributed by atoms with Crippen molar-refractivity contribution in [1.82, 2.24) is 0 Å². The van der Waals surface area contributed by atoms with Crippen LogP contribution in [0.2, 0.25) is 0 Å². The molecule has 0 bridgehead atoms. The molecule has 0 saturated carbocycles. The molecule has 0 amide bonds. The van der Waals surface area contributed by atoms with Crippen molar-refractivity contribution in [2.24, 2.45) is 4.99 Å². The van der Waals surface area contributed by atoms with Gasteiger partial charge in [-0.3, -0.25) is 0 Å². The Morgan fingerprint density at radius 1 is 1.33 bits per heavy atom. The van der Waals surface area contributed by atoms with Crippen molar-refractivity contribution >= 4 is 5.90 Å². The molecular formula is C12H15NO2. The molecule has 2 unspecified atom stereocenters. The lowest BCUT2D eigenvalue weighted by Crippen LogP contribution is -2.17. The van der Waals surface area contributed by atoms with E-state index >= 15 is 0 Å². The molecule has 1 aromatic rings. The number of hydrogen-bond donors (Lipinski definition) is 1. The number of rotatable bonds is 3. The zero-order valence-corrected chi connectivity index (χ0v) is 8.76. The molecule has 0 radical (unpaired) electrons. The summed E-state index contributed by atoms with van der Waals surface area (Å²) in [6.07, 6.45) is 0.658. The van der Waals surface area contributed by atoms with Gasteiger partial charge < -0.3 is 9.84 Å². The maximum atomic E-state index is 9.22. The van der Waals surface area contributed by atoms with E-state index in [0.717, 1.165) is 17.9 Å². The van der Waals surface area contributed by atoms with E-state index in [4.69, 9.17) is 4.74 Å². The lowest BCUT2D eigenvalue weighted by atomic mass is 10.0. The highest BCUT2D eigenvalue weighted by Gasteiger charge is 2.30. The van der Waals surface area contributed by atoms with E-state index in [1.165, 1.54) is 0 Å². The molecule has 0 spiro atoms. The van der Waals surface area contributed by atoms with Crippen molar-refractivity contribution in [3.05, 3.63) is 35.9 Å². The zero-order chi connectivity index (χ0) is 10.7. The Balaban J connectivity index is 2.19. The number of ether oxygens (including phenoxy) is 1. The molecule has 80 valence electrons. The van der Waals surface area contributed by atoms with Crippen LogP contribution in [0.4, 0.5) is 0 Å². The van der Waals surface area contributed by atoms with Gasteiger partial charge in [0.25, 0.3) is 0 Å². The highest BCUT2D eigenvalue weighted by Crippen LogP contribution is 2.29. The van der Waals surface area contributed by atoms with Gasteiger partial charge in [0.15, 0.2) is 5.90 Å². The minimum absolute atomic E-state index is 0.0308. The number of aliphatic hydroxyl groups excluding tert-OH is 1. The Labute approximate surface area is 89.4 Å². The van der Waals surface area contributed by atoms with E-state index < -0.39 is 0 Å². The summed E-state index contributed by atoms with van der Waals surface area (Å²) in [7, 11) is 0. The number of aliphatic imine (C=N–C) groups is 1. The van der Waals surface area contributed by atoms with Crippen LogP contribution in [-0.2, 0) is 4.74 Å². The van der Waals surface area contributed by atoms with Gasteiger partial charge in [-0.25, -0.2) is 4.99 Å². The first-order chi connectivity index (χ1) is 7.35. The van der Waals surface area contributed by atoms with Crippen LogP contribution in [0.1, 0.15) is 25.0 Å². The van der Waals surface area contributed by atoms with E-state index in [1.54, 1.807) is 0 Å². The molecule has 1 N–H and O–H groups in total. The molecule has 2 rings (SSSR count). The van der Waals surface area contributed by atoms with Gasteiger partial charge in [-0.15, -0.1) is 0 Å². The lowest BCUT2D eigenvalue weighted by Gasteiger charge is -2.15. The van der Waals surface area contributed by atoms with Crippen LogP contribution in [0.5, 0.6) is 0 Å². The van der Waals surface area contributed by atoms with Gasteiger partial charge in [-0.05, 0) is 5.56 Å². The van der Waals surface area contributed by atoms with Crippen molar-refractivity contribution in [2.45, 2.75) is 25.5 Å². The highest BCUT2D eigenvalue weighted by molar-refractivity contribution is 5.78. The second-order valence-corrected chi connectivity index (χ2v) is 3.58. The number of aliphatic hydroxyl groups is 1. The number of nitrogens with zero attached hydrogens (tertiary/aromatic N) is 1. The molecule has 3 nitrogen and oxygen atoms in total. The first-order valence-electron chi connectivity index (χ1n) is 5.24.